The van der Waals surface area contributed by atoms with Gasteiger partial charge in [-0.2, -0.15) is 5.10 Å². The number of carboxylic acids is 1. The Hall–Kier alpha value is -2.42. The van der Waals surface area contributed by atoms with E-state index in [1.54, 1.807) is 10.9 Å². The third kappa shape index (κ3) is 3.39. The second-order valence-electron chi connectivity index (χ2n) is 7.87. The Bertz CT molecular complexity index is 785. The Morgan fingerprint density at radius 2 is 1.86 bits per heavy atom. The number of ether oxygens (including phenoxy) is 1. The van der Waals surface area contributed by atoms with Gasteiger partial charge < -0.3 is 20.5 Å². The van der Waals surface area contributed by atoms with E-state index in [2.05, 4.69) is 15.7 Å². The Balaban J connectivity index is 1.52. The van der Waals surface area contributed by atoms with Gasteiger partial charge in [0.2, 0.25) is 5.91 Å². The number of anilines is 1. The molecule has 0 aromatic carbocycles. The molecule has 3 fully saturated rings. The number of fused-ring (bicyclic) bond motifs is 2. The number of aliphatic carboxylic acids is 1. The Kier molecular flexibility index (Phi) is 5.09. The molecule has 1 aliphatic carbocycles. The van der Waals surface area contributed by atoms with Crippen LogP contribution in [0.2, 0.25) is 0 Å². The largest absolute Gasteiger partial charge is 0.481 e. The lowest BCUT2D eigenvalue weighted by Crippen LogP contribution is -2.41. The van der Waals surface area contributed by atoms with E-state index in [9.17, 15) is 19.5 Å². The zero-order valence-corrected chi connectivity index (χ0v) is 15.9. The van der Waals surface area contributed by atoms with Crippen molar-refractivity contribution in [2.45, 2.75) is 70.2 Å². The first-order valence-electron chi connectivity index (χ1n) is 10.1. The summed E-state index contributed by atoms with van der Waals surface area (Å²) in [5, 5.41) is 19.6. The van der Waals surface area contributed by atoms with Gasteiger partial charge in [-0.05, 0) is 32.6 Å². The van der Waals surface area contributed by atoms with Gasteiger partial charge in [-0.15, -0.1) is 0 Å². The van der Waals surface area contributed by atoms with Gasteiger partial charge in [-0.1, -0.05) is 12.8 Å². The van der Waals surface area contributed by atoms with Crippen molar-refractivity contribution in [1.29, 1.82) is 0 Å². The van der Waals surface area contributed by atoms with Crippen molar-refractivity contribution in [3.63, 3.8) is 0 Å². The van der Waals surface area contributed by atoms with Gasteiger partial charge in [0.25, 0.3) is 5.91 Å². The molecular formula is C19H26N4O5. The number of nitrogens with zero attached hydrogens (tertiary/aromatic N) is 2. The Morgan fingerprint density at radius 1 is 1.18 bits per heavy atom. The molecule has 0 radical (unpaired) electrons. The van der Waals surface area contributed by atoms with E-state index in [-0.39, 0.29) is 23.7 Å². The van der Waals surface area contributed by atoms with Crippen molar-refractivity contribution >= 4 is 23.5 Å². The molecule has 28 heavy (non-hydrogen) atoms. The van der Waals surface area contributed by atoms with E-state index in [1.807, 2.05) is 6.92 Å². The van der Waals surface area contributed by atoms with Gasteiger partial charge in [0, 0.05) is 18.8 Å². The van der Waals surface area contributed by atoms with Crippen LogP contribution in [0.15, 0.2) is 6.20 Å². The number of aryl methyl sites for hydroxylation is 1. The Morgan fingerprint density at radius 3 is 2.50 bits per heavy atom. The molecule has 2 saturated heterocycles. The third-order valence-electron chi connectivity index (χ3n) is 6.11. The monoisotopic (exact) mass is 390 g/mol. The highest BCUT2D eigenvalue weighted by atomic mass is 16.5. The summed E-state index contributed by atoms with van der Waals surface area (Å²) >= 11 is 0. The average molecular weight is 390 g/mol. The molecule has 4 rings (SSSR count). The van der Waals surface area contributed by atoms with E-state index in [0.29, 0.717) is 25.1 Å². The highest BCUT2D eigenvalue weighted by Crippen LogP contribution is 2.44. The normalized spacial score (nSPS) is 29.2. The van der Waals surface area contributed by atoms with Gasteiger partial charge in [-0.25, -0.2) is 0 Å². The van der Waals surface area contributed by atoms with E-state index in [0.717, 1.165) is 25.7 Å². The maximum Gasteiger partial charge on any atom is 0.310 e. The quantitative estimate of drug-likeness (QED) is 0.675. The first-order chi connectivity index (χ1) is 13.5. The van der Waals surface area contributed by atoms with Crippen LogP contribution in [0.25, 0.3) is 0 Å². The minimum absolute atomic E-state index is 0.137. The number of carbonyl (C=O) groups is 3. The van der Waals surface area contributed by atoms with E-state index >= 15 is 0 Å². The zero-order chi connectivity index (χ0) is 19.8. The molecule has 1 saturated carbocycles. The molecule has 1 aromatic rings. The molecule has 3 heterocycles. The lowest BCUT2D eigenvalue weighted by molar-refractivity contribution is -0.147. The van der Waals surface area contributed by atoms with Crippen LogP contribution < -0.4 is 10.6 Å². The number of amides is 2. The van der Waals surface area contributed by atoms with Crippen LogP contribution >= 0.6 is 0 Å². The van der Waals surface area contributed by atoms with Crippen LogP contribution in [0.5, 0.6) is 0 Å². The summed E-state index contributed by atoms with van der Waals surface area (Å²) in [7, 11) is 0. The molecule has 0 unspecified atom stereocenters. The maximum atomic E-state index is 12.9. The highest BCUT2D eigenvalue weighted by Gasteiger charge is 2.55. The van der Waals surface area contributed by atoms with Crippen LogP contribution in [0.4, 0.5) is 5.69 Å². The minimum atomic E-state index is -1.02. The summed E-state index contributed by atoms with van der Waals surface area (Å²) in [6.45, 7) is 2.44. The molecule has 152 valence electrons. The van der Waals surface area contributed by atoms with Crippen molar-refractivity contribution in [2.75, 3.05) is 5.32 Å². The van der Waals surface area contributed by atoms with Gasteiger partial charge >= 0.3 is 5.97 Å². The van der Waals surface area contributed by atoms with E-state index < -0.39 is 29.8 Å². The van der Waals surface area contributed by atoms with Crippen LogP contribution in [-0.2, 0) is 20.9 Å². The lowest BCUT2D eigenvalue weighted by Gasteiger charge is -2.23. The summed E-state index contributed by atoms with van der Waals surface area (Å²) in [6, 6.07) is 0.137. The fraction of sp³-hybridized carbons (Fsp3) is 0.684. The second kappa shape index (κ2) is 7.54. The number of aromatic nitrogens is 2. The summed E-state index contributed by atoms with van der Waals surface area (Å²) in [5.41, 5.74) is 0.479. The van der Waals surface area contributed by atoms with Crippen molar-refractivity contribution in [2.24, 2.45) is 11.8 Å². The zero-order valence-electron chi connectivity index (χ0n) is 15.9. The SMILES string of the molecule is CCn1cc(NC(=O)[C@H]2[C@@H](C(=O)O)[C@@H]3CC[C@@H]2O3)c(C(=O)NC2CCCC2)n1. The molecule has 2 aliphatic heterocycles. The number of carboxylic acid groups (broad SMARTS) is 1. The molecule has 1 aromatic heterocycles. The summed E-state index contributed by atoms with van der Waals surface area (Å²) in [6.07, 6.45) is 6.24. The molecule has 9 nitrogen and oxygen atoms in total. The van der Waals surface area contributed by atoms with Gasteiger partial charge in [0.15, 0.2) is 5.69 Å². The average Bonchev–Trinajstić information content (AvgIpc) is 3.44. The number of rotatable bonds is 6. The van der Waals surface area contributed by atoms with Gasteiger partial charge in [0.05, 0.1) is 29.7 Å². The molecule has 3 N–H and O–H groups in total. The first-order valence-corrected chi connectivity index (χ1v) is 10.1. The molecule has 2 bridgehead atoms. The molecule has 9 heteroatoms. The molecular weight excluding hydrogens is 364 g/mol. The second-order valence-corrected chi connectivity index (χ2v) is 7.87. The molecule has 2 amide bonds. The van der Waals surface area contributed by atoms with Crippen molar-refractivity contribution in [3.05, 3.63) is 11.9 Å². The summed E-state index contributed by atoms with van der Waals surface area (Å²) in [4.78, 5) is 37.2. The summed E-state index contributed by atoms with van der Waals surface area (Å²) in [5.74, 6) is -3.36. The summed E-state index contributed by atoms with van der Waals surface area (Å²) < 4.78 is 7.26. The number of carbonyl (C=O) groups excluding carboxylic acids is 2. The maximum absolute atomic E-state index is 12.9. The predicted molar refractivity (Wildman–Crippen MR) is 98.8 cm³/mol. The van der Waals surface area contributed by atoms with Crippen molar-refractivity contribution in [1.82, 2.24) is 15.1 Å². The van der Waals surface area contributed by atoms with Crippen molar-refractivity contribution in [3.8, 4) is 0 Å². The molecule has 4 atom stereocenters. The minimum Gasteiger partial charge on any atom is -0.481 e. The van der Waals surface area contributed by atoms with Crippen LogP contribution in [0.1, 0.15) is 55.9 Å². The van der Waals surface area contributed by atoms with Crippen LogP contribution in [0.3, 0.4) is 0 Å². The molecule has 3 aliphatic rings. The predicted octanol–water partition coefficient (Wildman–Crippen LogP) is 1.39. The van der Waals surface area contributed by atoms with Gasteiger partial charge in [0.1, 0.15) is 0 Å². The topological polar surface area (TPSA) is 123 Å². The fourth-order valence-corrected chi connectivity index (χ4v) is 4.71. The highest BCUT2D eigenvalue weighted by molar-refractivity contribution is 6.03. The van der Waals surface area contributed by atoms with Gasteiger partial charge in [-0.3, -0.25) is 19.1 Å². The first kappa shape index (κ1) is 18.9. The van der Waals surface area contributed by atoms with E-state index in [1.165, 1.54) is 0 Å². The van der Waals surface area contributed by atoms with Crippen molar-refractivity contribution < 1.29 is 24.2 Å². The third-order valence-corrected chi connectivity index (χ3v) is 6.11. The van der Waals surface area contributed by atoms with Crippen LogP contribution in [-0.4, -0.2) is 50.9 Å². The number of hydrogen-bond acceptors (Lipinski definition) is 5. The lowest BCUT2D eigenvalue weighted by atomic mass is 9.78. The fourth-order valence-electron chi connectivity index (χ4n) is 4.71. The number of nitrogens with one attached hydrogen (secondary N) is 2. The van der Waals surface area contributed by atoms with Crippen LogP contribution in [0, 0.1) is 11.8 Å². The van der Waals surface area contributed by atoms with E-state index in [4.69, 9.17) is 4.74 Å². The smallest absolute Gasteiger partial charge is 0.310 e. The Labute approximate surface area is 162 Å². The number of hydrogen-bond donors (Lipinski definition) is 3. The standard InChI is InChI=1S/C19H26N4O5/c1-2-23-9-11(16(22-23)18(25)20-10-5-3-4-6-10)21-17(24)14-12-7-8-13(28-12)15(14)19(26)27/h9-10,12-15H,2-8H2,1H3,(H,20,25)(H,21,24)(H,26,27)/t12-,13-,14+,15-/m0/s1. The molecule has 0 spiro atoms.